The van der Waals surface area contributed by atoms with Gasteiger partial charge >= 0.3 is 0 Å². The number of nitrogens with zero attached hydrogens (tertiary/aromatic N) is 5. The molecule has 1 aliphatic carbocycles. The Kier molecular flexibility index (Phi) is 5.25. The fraction of sp³-hybridized carbons (Fsp3) is 0.360. The lowest BCUT2D eigenvalue weighted by atomic mass is 10.1. The van der Waals surface area contributed by atoms with E-state index < -0.39 is 0 Å². The monoisotopic (exact) mass is 428 g/mol. The first-order valence-electron chi connectivity index (χ1n) is 11.3. The van der Waals surface area contributed by atoms with Crippen LogP contribution in [0, 0.1) is 6.92 Å². The second-order valence-electron chi connectivity index (χ2n) is 8.56. The van der Waals surface area contributed by atoms with Crippen LogP contribution in [-0.2, 0) is 13.1 Å². The van der Waals surface area contributed by atoms with Gasteiger partial charge in [0, 0.05) is 24.4 Å². The number of pyridine rings is 1. The number of hydrogen-bond acceptors (Lipinski definition) is 4. The Hall–Kier alpha value is -3.48. The summed E-state index contributed by atoms with van der Waals surface area (Å²) in [5, 5.41) is 13.1. The first kappa shape index (κ1) is 20.4. The van der Waals surface area contributed by atoms with Gasteiger partial charge in [-0.3, -0.25) is 9.48 Å². The molecule has 0 unspecified atom stereocenters. The second-order valence-corrected chi connectivity index (χ2v) is 8.56. The van der Waals surface area contributed by atoms with E-state index in [9.17, 15) is 4.79 Å². The summed E-state index contributed by atoms with van der Waals surface area (Å²) in [5.74, 6) is 0.336. The van der Waals surface area contributed by atoms with Crippen LogP contribution in [-0.4, -0.2) is 30.5 Å². The molecule has 0 radical (unpaired) electrons. The number of amides is 1. The molecule has 7 nitrogen and oxygen atoms in total. The van der Waals surface area contributed by atoms with Gasteiger partial charge in [-0.15, -0.1) is 0 Å². The Balaban J connectivity index is 1.54. The molecular formula is C25H28N6O. The second kappa shape index (κ2) is 8.22. The van der Waals surface area contributed by atoms with Crippen LogP contribution in [0.15, 0.2) is 48.7 Å². The van der Waals surface area contributed by atoms with Crippen molar-refractivity contribution < 1.29 is 4.79 Å². The summed E-state index contributed by atoms with van der Waals surface area (Å²) in [6.45, 7) is 7.38. The maximum Gasteiger partial charge on any atom is 0.252 e. The average molecular weight is 429 g/mol. The lowest BCUT2D eigenvalue weighted by molar-refractivity contribution is 0.0939. The van der Waals surface area contributed by atoms with Gasteiger partial charge in [-0.2, -0.15) is 10.2 Å². The Labute approximate surface area is 187 Å². The van der Waals surface area contributed by atoms with Crippen molar-refractivity contribution in [3.05, 3.63) is 76.9 Å². The summed E-state index contributed by atoms with van der Waals surface area (Å²) in [4.78, 5) is 18.4. The van der Waals surface area contributed by atoms with Crippen LogP contribution in [0.1, 0.15) is 71.7 Å². The summed E-state index contributed by atoms with van der Waals surface area (Å²) in [5.41, 5.74) is 5.40. The highest BCUT2D eigenvalue weighted by molar-refractivity contribution is 6.06. The molecule has 32 heavy (non-hydrogen) atoms. The average Bonchev–Trinajstić information content (AvgIpc) is 3.46. The zero-order valence-electron chi connectivity index (χ0n) is 18.7. The van der Waals surface area contributed by atoms with Gasteiger partial charge in [0.25, 0.3) is 5.91 Å². The van der Waals surface area contributed by atoms with Crippen molar-refractivity contribution in [1.29, 1.82) is 0 Å². The van der Waals surface area contributed by atoms with E-state index in [-0.39, 0.29) is 11.9 Å². The number of nitrogens with one attached hydrogen (secondary N) is 1. The van der Waals surface area contributed by atoms with Crippen LogP contribution in [0.25, 0.3) is 11.0 Å². The summed E-state index contributed by atoms with van der Waals surface area (Å²) in [6.07, 6.45) is 4.02. The van der Waals surface area contributed by atoms with Gasteiger partial charge in [0.2, 0.25) is 0 Å². The summed E-state index contributed by atoms with van der Waals surface area (Å²) < 4.78 is 3.84. The van der Waals surface area contributed by atoms with Crippen LogP contribution in [0.4, 0.5) is 0 Å². The zero-order valence-corrected chi connectivity index (χ0v) is 18.7. The molecule has 1 atom stereocenters. The van der Waals surface area contributed by atoms with Crippen molar-refractivity contribution in [2.24, 2.45) is 0 Å². The molecule has 1 fully saturated rings. The zero-order chi connectivity index (χ0) is 22.2. The SMILES string of the molecule is CCn1nccc1[C@@H](C)NC(=O)c1cc(C2CC2)nc2c1c(C)nn2Cc1ccccc1. The minimum atomic E-state index is -0.155. The number of rotatable bonds is 7. The van der Waals surface area contributed by atoms with Crippen molar-refractivity contribution in [3.63, 3.8) is 0 Å². The maximum atomic E-state index is 13.5. The number of benzene rings is 1. The van der Waals surface area contributed by atoms with Gasteiger partial charge in [0.15, 0.2) is 5.65 Å². The highest BCUT2D eigenvalue weighted by atomic mass is 16.1. The molecule has 0 bridgehead atoms. The predicted octanol–water partition coefficient (Wildman–Crippen LogP) is 4.37. The number of carbonyl (C=O) groups is 1. The summed E-state index contributed by atoms with van der Waals surface area (Å²) in [6, 6.07) is 14.0. The molecule has 0 spiro atoms. The first-order chi connectivity index (χ1) is 15.5. The van der Waals surface area contributed by atoms with Crippen molar-refractivity contribution in [1.82, 2.24) is 29.9 Å². The van der Waals surface area contributed by atoms with Crippen molar-refractivity contribution in [3.8, 4) is 0 Å². The lowest BCUT2D eigenvalue weighted by Crippen LogP contribution is -2.28. The first-order valence-corrected chi connectivity index (χ1v) is 11.3. The molecule has 1 saturated carbocycles. The lowest BCUT2D eigenvalue weighted by Gasteiger charge is -2.16. The quantitative estimate of drug-likeness (QED) is 0.474. The Morgan fingerprint density at radius 3 is 2.69 bits per heavy atom. The molecule has 7 heteroatoms. The van der Waals surface area contributed by atoms with Gasteiger partial charge in [0.1, 0.15) is 0 Å². The molecule has 4 aromatic rings. The van der Waals surface area contributed by atoms with E-state index in [1.165, 1.54) is 0 Å². The van der Waals surface area contributed by atoms with Gasteiger partial charge in [-0.25, -0.2) is 9.67 Å². The van der Waals surface area contributed by atoms with E-state index in [1.807, 2.05) is 60.5 Å². The fourth-order valence-electron chi connectivity index (χ4n) is 4.33. The van der Waals surface area contributed by atoms with Crippen LogP contribution in [0.2, 0.25) is 0 Å². The van der Waals surface area contributed by atoms with Crippen molar-refractivity contribution >= 4 is 16.9 Å². The molecule has 0 aliphatic heterocycles. The molecule has 1 aromatic carbocycles. The van der Waals surface area contributed by atoms with E-state index >= 15 is 0 Å². The van der Waals surface area contributed by atoms with Gasteiger partial charge in [-0.1, -0.05) is 30.3 Å². The smallest absolute Gasteiger partial charge is 0.252 e. The van der Waals surface area contributed by atoms with E-state index in [4.69, 9.17) is 10.1 Å². The molecule has 1 aliphatic rings. The molecule has 5 rings (SSSR count). The van der Waals surface area contributed by atoms with E-state index in [1.54, 1.807) is 6.20 Å². The largest absolute Gasteiger partial charge is 0.344 e. The third-order valence-electron chi connectivity index (χ3n) is 6.15. The topological polar surface area (TPSA) is 77.6 Å². The van der Waals surface area contributed by atoms with E-state index in [0.717, 1.165) is 53.1 Å². The van der Waals surface area contributed by atoms with Crippen LogP contribution in [0.3, 0.4) is 0 Å². The van der Waals surface area contributed by atoms with Crippen LogP contribution in [0.5, 0.6) is 0 Å². The molecule has 0 saturated heterocycles. The third-order valence-corrected chi connectivity index (χ3v) is 6.15. The Morgan fingerprint density at radius 2 is 1.97 bits per heavy atom. The Bertz CT molecular complexity index is 1270. The van der Waals surface area contributed by atoms with Crippen molar-refractivity contribution in [2.75, 3.05) is 0 Å². The number of carbonyl (C=O) groups excluding carboxylic acids is 1. The van der Waals surface area contributed by atoms with Crippen LogP contribution >= 0.6 is 0 Å². The van der Waals surface area contributed by atoms with Crippen LogP contribution < -0.4 is 5.32 Å². The van der Waals surface area contributed by atoms with Gasteiger partial charge < -0.3 is 5.32 Å². The highest BCUT2D eigenvalue weighted by Crippen LogP contribution is 2.40. The molecule has 3 heterocycles. The van der Waals surface area contributed by atoms with Crippen molar-refractivity contribution in [2.45, 2.75) is 58.7 Å². The van der Waals surface area contributed by atoms with Gasteiger partial charge in [-0.05, 0) is 51.3 Å². The fourth-order valence-corrected chi connectivity index (χ4v) is 4.33. The number of fused-ring (bicyclic) bond motifs is 1. The van der Waals surface area contributed by atoms with Gasteiger partial charge in [0.05, 0.1) is 34.9 Å². The third kappa shape index (κ3) is 3.79. The number of hydrogen-bond donors (Lipinski definition) is 1. The van der Waals surface area contributed by atoms with E-state index in [0.29, 0.717) is 18.0 Å². The highest BCUT2D eigenvalue weighted by Gasteiger charge is 2.29. The predicted molar refractivity (Wildman–Crippen MR) is 124 cm³/mol. The maximum absolute atomic E-state index is 13.5. The summed E-state index contributed by atoms with van der Waals surface area (Å²) >= 11 is 0. The molecule has 1 amide bonds. The normalized spacial score (nSPS) is 14.6. The molecule has 164 valence electrons. The summed E-state index contributed by atoms with van der Waals surface area (Å²) in [7, 11) is 0. The molecule has 3 aromatic heterocycles. The minimum Gasteiger partial charge on any atom is -0.344 e. The number of aryl methyl sites for hydroxylation is 2. The molecular weight excluding hydrogens is 400 g/mol. The standard InChI is InChI=1S/C25H28N6O/c1-4-30-22(12-13-26-30)16(2)27-25(32)20-14-21(19-10-11-19)28-24-23(20)17(3)29-31(24)15-18-8-6-5-7-9-18/h5-9,12-14,16,19H,4,10-11,15H2,1-3H3,(H,27,32)/t16-/m1/s1. The minimum absolute atomic E-state index is 0.0991. The molecule has 1 N–H and O–H groups in total. The van der Waals surface area contributed by atoms with E-state index in [2.05, 4.69) is 22.5 Å². The Morgan fingerprint density at radius 1 is 1.19 bits per heavy atom. The number of aromatic nitrogens is 5.